The van der Waals surface area contributed by atoms with Gasteiger partial charge in [0.1, 0.15) is 6.54 Å². The predicted molar refractivity (Wildman–Crippen MR) is 147 cm³/mol. The Hall–Kier alpha value is -1.87. The number of amides is 4. The first-order valence-electron chi connectivity index (χ1n) is 14.8. The normalized spacial score (nSPS) is 14.5. The van der Waals surface area contributed by atoms with Gasteiger partial charge in [-0.1, -0.05) is 110 Å². The molecule has 1 unspecified atom stereocenters. The van der Waals surface area contributed by atoms with Gasteiger partial charge in [-0.15, -0.1) is 0 Å². The molecule has 1 aliphatic rings. The van der Waals surface area contributed by atoms with Gasteiger partial charge in [-0.05, 0) is 6.42 Å². The van der Waals surface area contributed by atoms with Crippen molar-refractivity contribution >= 4 is 18.0 Å². The zero-order valence-corrected chi connectivity index (χ0v) is 23.9. The maximum atomic E-state index is 12.6. The smallest absolute Gasteiger partial charge is 0.423 e. The molecule has 9 nitrogen and oxygen atoms in total. The lowest BCUT2D eigenvalue weighted by molar-refractivity contribution is -0.142. The number of hydroxylamine groups is 2. The Morgan fingerprint density at radius 3 is 1.78 bits per heavy atom. The number of hydrogen-bond donors (Lipinski definition) is 1. The van der Waals surface area contributed by atoms with Gasteiger partial charge in [0.2, 0.25) is 0 Å². The third-order valence-electron chi connectivity index (χ3n) is 6.98. The van der Waals surface area contributed by atoms with Crippen LogP contribution in [-0.2, 0) is 14.4 Å². The fourth-order valence-corrected chi connectivity index (χ4v) is 4.73. The van der Waals surface area contributed by atoms with E-state index in [1.807, 2.05) is 0 Å². The van der Waals surface area contributed by atoms with Crippen LogP contribution in [0.5, 0.6) is 0 Å². The standard InChI is InChI=1S/C28H54N4O5/c1-4-6-7-8-9-10-11-12-13-14-15-16-17-18-19-20-22-31(36-3)28(35)37-26(5-2)32-25(33)24-30(23-21-29)27(32)34/h26H,4-24,29H2,1-3H3. The van der Waals surface area contributed by atoms with Crippen LogP contribution in [0.1, 0.15) is 123 Å². The summed E-state index contributed by atoms with van der Waals surface area (Å²) >= 11 is 0. The third kappa shape index (κ3) is 13.5. The van der Waals surface area contributed by atoms with Crippen molar-refractivity contribution in [2.75, 3.05) is 33.3 Å². The number of carbonyl (C=O) groups is 3. The van der Waals surface area contributed by atoms with Gasteiger partial charge in [0, 0.05) is 19.5 Å². The summed E-state index contributed by atoms with van der Waals surface area (Å²) in [5, 5.41) is 1.16. The molecule has 0 radical (unpaired) electrons. The molecule has 0 saturated carbocycles. The second-order valence-electron chi connectivity index (χ2n) is 10.1. The quantitative estimate of drug-likeness (QED) is 0.0964. The largest absolute Gasteiger partial charge is 0.435 e. The minimum Gasteiger partial charge on any atom is -0.423 e. The maximum absolute atomic E-state index is 12.6. The van der Waals surface area contributed by atoms with Crippen LogP contribution < -0.4 is 5.73 Å². The van der Waals surface area contributed by atoms with E-state index >= 15 is 0 Å². The Labute approximate surface area is 225 Å². The fraction of sp³-hybridized carbons (Fsp3) is 0.893. The van der Waals surface area contributed by atoms with Crippen molar-refractivity contribution in [3.05, 3.63) is 0 Å². The molecule has 0 bridgehead atoms. The highest BCUT2D eigenvalue weighted by Gasteiger charge is 2.41. The fourth-order valence-electron chi connectivity index (χ4n) is 4.73. The van der Waals surface area contributed by atoms with Crippen LogP contribution in [0.2, 0.25) is 0 Å². The Kier molecular flexibility index (Phi) is 18.9. The molecular formula is C28H54N4O5. The van der Waals surface area contributed by atoms with Crippen molar-refractivity contribution in [3.63, 3.8) is 0 Å². The van der Waals surface area contributed by atoms with E-state index in [4.69, 9.17) is 15.3 Å². The van der Waals surface area contributed by atoms with Crippen molar-refractivity contribution in [3.8, 4) is 0 Å². The number of hydrogen-bond acceptors (Lipinski definition) is 6. The minimum atomic E-state index is -0.960. The SMILES string of the molecule is CCCCCCCCCCCCCCCCCCN(OC)C(=O)OC(CC)N1C(=O)CN(CCN)C1=O. The molecule has 1 fully saturated rings. The van der Waals surface area contributed by atoms with E-state index in [2.05, 4.69) is 6.92 Å². The number of nitrogens with two attached hydrogens (primary N) is 1. The number of urea groups is 1. The van der Waals surface area contributed by atoms with Gasteiger partial charge in [0.05, 0.1) is 13.7 Å². The summed E-state index contributed by atoms with van der Waals surface area (Å²) in [4.78, 5) is 45.0. The van der Waals surface area contributed by atoms with Crippen molar-refractivity contribution in [2.45, 2.75) is 129 Å². The van der Waals surface area contributed by atoms with Crippen LogP contribution in [0, 0.1) is 0 Å². The van der Waals surface area contributed by atoms with Crippen molar-refractivity contribution < 1.29 is 24.0 Å². The Morgan fingerprint density at radius 2 is 1.35 bits per heavy atom. The molecule has 216 valence electrons. The van der Waals surface area contributed by atoms with Gasteiger partial charge in [0.15, 0.2) is 6.23 Å². The molecule has 0 aromatic heterocycles. The lowest BCUT2D eigenvalue weighted by Crippen LogP contribution is -2.46. The molecule has 1 atom stereocenters. The van der Waals surface area contributed by atoms with E-state index in [9.17, 15) is 14.4 Å². The van der Waals surface area contributed by atoms with E-state index in [0.717, 1.165) is 29.2 Å². The lowest BCUT2D eigenvalue weighted by Gasteiger charge is -2.27. The highest BCUT2D eigenvalue weighted by Crippen LogP contribution is 2.18. The van der Waals surface area contributed by atoms with Gasteiger partial charge < -0.3 is 15.4 Å². The van der Waals surface area contributed by atoms with Gasteiger partial charge >= 0.3 is 12.1 Å². The first kappa shape index (κ1) is 33.2. The number of ether oxygens (including phenoxy) is 1. The van der Waals surface area contributed by atoms with Crippen molar-refractivity contribution in [1.29, 1.82) is 0 Å². The molecule has 37 heavy (non-hydrogen) atoms. The summed E-state index contributed by atoms with van der Waals surface area (Å²) in [7, 11) is 1.42. The van der Waals surface area contributed by atoms with Crippen LogP contribution in [0.3, 0.4) is 0 Å². The summed E-state index contributed by atoms with van der Waals surface area (Å²) in [6.45, 7) is 4.94. The molecule has 0 aromatic carbocycles. The van der Waals surface area contributed by atoms with Crippen molar-refractivity contribution in [1.82, 2.24) is 14.9 Å². The maximum Gasteiger partial charge on any atom is 0.435 e. The molecule has 1 aliphatic heterocycles. The monoisotopic (exact) mass is 526 g/mol. The number of unbranched alkanes of at least 4 members (excludes halogenated alkanes) is 15. The molecule has 1 saturated heterocycles. The van der Waals surface area contributed by atoms with Crippen LogP contribution in [-0.4, -0.2) is 72.4 Å². The van der Waals surface area contributed by atoms with Crippen LogP contribution in [0.25, 0.3) is 0 Å². The van der Waals surface area contributed by atoms with Crippen LogP contribution >= 0.6 is 0 Å². The van der Waals surface area contributed by atoms with Gasteiger partial charge in [-0.3, -0.25) is 9.63 Å². The third-order valence-corrected chi connectivity index (χ3v) is 6.98. The zero-order chi connectivity index (χ0) is 27.3. The van der Waals surface area contributed by atoms with Crippen LogP contribution in [0.4, 0.5) is 9.59 Å². The topological polar surface area (TPSA) is 105 Å². The number of imide groups is 1. The molecular weight excluding hydrogens is 472 g/mol. The molecule has 1 rings (SSSR count). The summed E-state index contributed by atoms with van der Waals surface area (Å²) in [6, 6.07) is -0.475. The second-order valence-corrected chi connectivity index (χ2v) is 10.1. The first-order chi connectivity index (χ1) is 18.0. The highest BCUT2D eigenvalue weighted by molar-refractivity contribution is 6.02. The summed E-state index contributed by atoms with van der Waals surface area (Å²) in [6.07, 6.45) is 19.2. The van der Waals surface area contributed by atoms with E-state index in [-0.39, 0.29) is 25.5 Å². The van der Waals surface area contributed by atoms with Gasteiger partial charge in [-0.2, -0.15) is 5.06 Å². The number of carbonyl (C=O) groups excluding carboxylic acids is 3. The first-order valence-corrected chi connectivity index (χ1v) is 14.8. The summed E-state index contributed by atoms with van der Waals surface area (Å²) in [5.41, 5.74) is 5.51. The zero-order valence-electron chi connectivity index (χ0n) is 23.9. The van der Waals surface area contributed by atoms with E-state index < -0.39 is 18.4 Å². The number of nitrogens with zero attached hydrogens (tertiary/aromatic N) is 3. The van der Waals surface area contributed by atoms with E-state index in [1.165, 1.54) is 95.5 Å². The Balaban J connectivity index is 2.13. The molecule has 0 aromatic rings. The molecule has 9 heteroatoms. The molecule has 4 amide bonds. The highest BCUT2D eigenvalue weighted by atomic mass is 16.7. The minimum absolute atomic E-state index is 0.0444. The second kappa shape index (κ2) is 21.1. The van der Waals surface area contributed by atoms with E-state index in [1.54, 1.807) is 6.92 Å². The summed E-state index contributed by atoms with van der Waals surface area (Å²) in [5.74, 6) is -0.389. The average Bonchev–Trinajstić information content (AvgIpc) is 3.17. The molecule has 1 heterocycles. The molecule has 2 N–H and O–H groups in total. The predicted octanol–water partition coefficient (Wildman–Crippen LogP) is 6.21. The number of rotatable bonds is 23. The molecule has 0 spiro atoms. The van der Waals surface area contributed by atoms with Gasteiger partial charge in [-0.25, -0.2) is 14.5 Å². The average molecular weight is 527 g/mol. The molecule has 0 aliphatic carbocycles. The van der Waals surface area contributed by atoms with Gasteiger partial charge in [0.25, 0.3) is 5.91 Å². The summed E-state index contributed by atoms with van der Waals surface area (Å²) < 4.78 is 5.47. The van der Waals surface area contributed by atoms with Crippen LogP contribution in [0.15, 0.2) is 0 Å². The van der Waals surface area contributed by atoms with Crippen molar-refractivity contribution in [2.24, 2.45) is 5.73 Å². The van der Waals surface area contributed by atoms with E-state index in [0.29, 0.717) is 13.0 Å². The lowest BCUT2D eigenvalue weighted by atomic mass is 10.0. The Bertz CT molecular complexity index is 634. The Morgan fingerprint density at radius 1 is 0.865 bits per heavy atom.